The molecule has 1 aliphatic rings. The van der Waals surface area contributed by atoms with Crippen molar-refractivity contribution in [3.63, 3.8) is 0 Å². The topological polar surface area (TPSA) is 0 Å². The van der Waals surface area contributed by atoms with Crippen molar-refractivity contribution in [3.05, 3.63) is 22.8 Å². The van der Waals surface area contributed by atoms with Crippen molar-refractivity contribution >= 4 is 11.6 Å². The summed E-state index contributed by atoms with van der Waals surface area (Å²) in [5.41, 5.74) is 1.43. The normalized spacial score (nSPS) is 17.6. The molecule has 1 aliphatic carbocycles. The monoisotopic (exact) mass is 170 g/mol. The summed E-state index contributed by atoms with van der Waals surface area (Å²) in [6.07, 6.45) is 10.4. The molecule has 0 saturated heterocycles. The molecular formula is C10H15Cl. The van der Waals surface area contributed by atoms with Gasteiger partial charge in [0, 0.05) is 5.03 Å². The van der Waals surface area contributed by atoms with Gasteiger partial charge in [0.15, 0.2) is 0 Å². The van der Waals surface area contributed by atoms with Crippen LogP contribution in [-0.4, -0.2) is 0 Å². The summed E-state index contributed by atoms with van der Waals surface area (Å²) >= 11 is 5.91. The molecule has 11 heavy (non-hydrogen) atoms. The van der Waals surface area contributed by atoms with E-state index in [0.717, 1.165) is 17.9 Å². The predicted octanol–water partition coefficient (Wildman–Crippen LogP) is 4.02. The second-order valence-corrected chi connectivity index (χ2v) is 3.50. The van der Waals surface area contributed by atoms with Gasteiger partial charge >= 0.3 is 0 Å². The highest BCUT2D eigenvalue weighted by Gasteiger charge is 2.01. The second kappa shape index (κ2) is 4.61. The van der Waals surface area contributed by atoms with E-state index in [1.807, 2.05) is 0 Å². The predicted molar refractivity (Wildman–Crippen MR) is 50.8 cm³/mol. The Morgan fingerprint density at radius 3 is 3.00 bits per heavy atom. The Labute approximate surface area is 73.9 Å². The highest BCUT2D eigenvalue weighted by molar-refractivity contribution is 6.29. The third-order valence-electron chi connectivity index (χ3n) is 1.95. The summed E-state index contributed by atoms with van der Waals surface area (Å²) in [6.45, 7) is 2.22. The first-order valence-electron chi connectivity index (χ1n) is 4.38. The van der Waals surface area contributed by atoms with E-state index in [4.69, 9.17) is 11.6 Å². The van der Waals surface area contributed by atoms with Gasteiger partial charge in [-0.05, 0) is 31.8 Å². The second-order valence-electron chi connectivity index (χ2n) is 3.01. The standard InChI is InChI=1S/C10H15Cl/c1-2-3-5-9-6-4-7-10(11)8-9/h6,8H,2-5,7H2,1H3. The molecule has 0 heterocycles. The van der Waals surface area contributed by atoms with Crippen molar-refractivity contribution in [1.29, 1.82) is 0 Å². The Morgan fingerprint density at radius 1 is 1.55 bits per heavy atom. The van der Waals surface area contributed by atoms with E-state index in [1.165, 1.54) is 24.8 Å². The lowest BCUT2D eigenvalue weighted by Crippen LogP contribution is -1.88. The fourth-order valence-electron chi connectivity index (χ4n) is 1.28. The van der Waals surface area contributed by atoms with Crippen LogP contribution >= 0.6 is 11.6 Å². The number of rotatable bonds is 3. The zero-order valence-corrected chi connectivity index (χ0v) is 7.82. The van der Waals surface area contributed by atoms with E-state index in [2.05, 4.69) is 19.1 Å². The molecule has 0 amide bonds. The molecule has 0 nitrogen and oxygen atoms in total. The number of unbranched alkanes of at least 4 members (excludes halogenated alkanes) is 1. The summed E-state index contributed by atoms with van der Waals surface area (Å²) in [5.74, 6) is 0. The molecule has 0 aromatic rings. The summed E-state index contributed by atoms with van der Waals surface area (Å²) < 4.78 is 0. The quantitative estimate of drug-likeness (QED) is 0.600. The molecule has 0 unspecified atom stereocenters. The number of hydrogen-bond donors (Lipinski definition) is 0. The van der Waals surface area contributed by atoms with Gasteiger partial charge in [0.1, 0.15) is 0 Å². The lowest BCUT2D eigenvalue weighted by atomic mass is 10.0. The van der Waals surface area contributed by atoms with Gasteiger partial charge in [-0.15, -0.1) is 0 Å². The van der Waals surface area contributed by atoms with Crippen LogP contribution in [0.5, 0.6) is 0 Å². The van der Waals surface area contributed by atoms with Gasteiger partial charge in [-0.3, -0.25) is 0 Å². The maximum atomic E-state index is 5.91. The maximum absolute atomic E-state index is 5.91. The zero-order chi connectivity index (χ0) is 8.10. The van der Waals surface area contributed by atoms with E-state index in [0.29, 0.717) is 0 Å². The lowest BCUT2D eigenvalue weighted by molar-refractivity contribution is 0.787. The van der Waals surface area contributed by atoms with Gasteiger partial charge in [-0.25, -0.2) is 0 Å². The highest BCUT2D eigenvalue weighted by Crippen LogP contribution is 2.23. The van der Waals surface area contributed by atoms with Gasteiger partial charge < -0.3 is 0 Å². The van der Waals surface area contributed by atoms with Crippen molar-refractivity contribution in [2.75, 3.05) is 0 Å². The fourth-order valence-corrected chi connectivity index (χ4v) is 1.53. The fraction of sp³-hybridized carbons (Fsp3) is 0.600. The van der Waals surface area contributed by atoms with E-state index >= 15 is 0 Å². The van der Waals surface area contributed by atoms with Gasteiger partial charge in [-0.1, -0.05) is 36.6 Å². The summed E-state index contributed by atoms with van der Waals surface area (Å²) in [6, 6.07) is 0. The van der Waals surface area contributed by atoms with Gasteiger partial charge in [0.25, 0.3) is 0 Å². The molecule has 1 heteroatoms. The average molecular weight is 171 g/mol. The smallest absolute Gasteiger partial charge is 0.0186 e. The Hall–Kier alpha value is -0.230. The van der Waals surface area contributed by atoms with E-state index in [1.54, 1.807) is 0 Å². The largest absolute Gasteiger partial charge is 0.0891 e. The third-order valence-corrected chi connectivity index (χ3v) is 2.25. The summed E-state index contributed by atoms with van der Waals surface area (Å²) in [5, 5.41) is 1.03. The van der Waals surface area contributed by atoms with Gasteiger partial charge in [0.2, 0.25) is 0 Å². The van der Waals surface area contributed by atoms with Crippen LogP contribution in [0, 0.1) is 0 Å². The Kier molecular flexibility index (Phi) is 3.71. The molecule has 0 fully saturated rings. The minimum Gasteiger partial charge on any atom is -0.0891 e. The molecule has 0 radical (unpaired) electrons. The van der Waals surface area contributed by atoms with Crippen LogP contribution in [0.15, 0.2) is 22.8 Å². The minimum absolute atomic E-state index is 1.03. The van der Waals surface area contributed by atoms with Crippen LogP contribution in [0.2, 0.25) is 0 Å². The van der Waals surface area contributed by atoms with Crippen LogP contribution in [0.25, 0.3) is 0 Å². The minimum atomic E-state index is 1.03. The first kappa shape index (κ1) is 8.86. The molecular weight excluding hydrogens is 156 g/mol. The number of halogens is 1. The maximum Gasteiger partial charge on any atom is 0.0186 e. The van der Waals surface area contributed by atoms with Crippen molar-refractivity contribution in [3.8, 4) is 0 Å². The van der Waals surface area contributed by atoms with Crippen LogP contribution < -0.4 is 0 Å². The first-order valence-corrected chi connectivity index (χ1v) is 4.76. The summed E-state index contributed by atoms with van der Waals surface area (Å²) in [7, 11) is 0. The van der Waals surface area contributed by atoms with Crippen LogP contribution in [-0.2, 0) is 0 Å². The Morgan fingerprint density at radius 2 is 2.36 bits per heavy atom. The first-order chi connectivity index (χ1) is 5.33. The molecule has 0 bridgehead atoms. The van der Waals surface area contributed by atoms with Crippen LogP contribution in [0.4, 0.5) is 0 Å². The molecule has 62 valence electrons. The molecule has 0 aromatic heterocycles. The van der Waals surface area contributed by atoms with Crippen molar-refractivity contribution in [2.45, 2.75) is 39.0 Å². The van der Waals surface area contributed by atoms with Gasteiger partial charge in [0.05, 0.1) is 0 Å². The molecule has 0 aromatic carbocycles. The van der Waals surface area contributed by atoms with Crippen LogP contribution in [0.1, 0.15) is 39.0 Å². The molecule has 0 atom stereocenters. The zero-order valence-electron chi connectivity index (χ0n) is 7.07. The van der Waals surface area contributed by atoms with Crippen molar-refractivity contribution in [2.24, 2.45) is 0 Å². The SMILES string of the molecule is CCCCC1=CCCC(Cl)=C1. The Balaban J connectivity index is 2.39. The average Bonchev–Trinajstić information content (AvgIpc) is 2.01. The van der Waals surface area contributed by atoms with E-state index < -0.39 is 0 Å². The molecule has 0 aliphatic heterocycles. The molecule has 0 spiro atoms. The lowest BCUT2D eigenvalue weighted by Gasteiger charge is -2.08. The number of hydrogen-bond acceptors (Lipinski definition) is 0. The molecule has 1 rings (SSSR count). The molecule has 0 saturated carbocycles. The summed E-state index contributed by atoms with van der Waals surface area (Å²) in [4.78, 5) is 0. The van der Waals surface area contributed by atoms with Crippen molar-refractivity contribution in [1.82, 2.24) is 0 Å². The van der Waals surface area contributed by atoms with E-state index in [-0.39, 0.29) is 0 Å². The number of allylic oxidation sites excluding steroid dienone is 4. The van der Waals surface area contributed by atoms with E-state index in [9.17, 15) is 0 Å². The van der Waals surface area contributed by atoms with Crippen LogP contribution in [0.3, 0.4) is 0 Å². The molecule has 0 N–H and O–H groups in total. The Bertz CT molecular complexity index is 177. The third kappa shape index (κ3) is 3.11. The van der Waals surface area contributed by atoms with Crippen molar-refractivity contribution < 1.29 is 0 Å². The van der Waals surface area contributed by atoms with Gasteiger partial charge in [-0.2, -0.15) is 0 Å². The highest BCUT2D eigenvalue weighted by atomic mass is 35.5.